The molecule has 0 aliphatic heterocycles. The minimum Gasteiger partial charge on any atom is -0.496 e. The van der Waals surface area contributed by atoms with Gasteiger partial charge < -0.3 is 35.1 Å². The fourth-order valence-electron chi connectivity index (χ4n) is 3.55. The number of hydrogen-bond donors (Lipinski definition) is 4. The minimum absolute atomic E-state index is 0.306. The Morgan fingerprint density at radius 1 is 0.706 bits per heavy atom. The molecule has 9 nitrogen and oxygen atoms in total. The molecule has 0 atom stereocenters. The number of aromatic nitrogens is 1. The number of benzene rings is 3. The Morgan fingerprint density at radius 3 is 2.03 bits per heavy atom. The summed E-state index contributed by atoms with van der Waals surface area (Å²) in [5.41, 5.74) is 2.59. The van der Waals surface area contributed by atoms with Crippen LogP contribution in [0.15, 0.2) is 66.7 Å². The molecule has 9 heteroatoms. The van der Waals surface area contributed by atoms with E-state index in [4.69, 9.17) is 14.2 Å². The maximum atomic E-state index is 13.0. The van der Waals surface area contributed by atoms with Gasteiger partial charge in [-0.05, 0) is 36.4 Å². The highest BCUT2D eigenvalue weighted by Crippen LogP contribution is 2.41. The Hall–Kier alpha value is -4.66. The van der Waals surface area contributed by atoms with Crippen LogP contribution in [0, 0.1) is 0 Å². The molecular weight excluding hydrogens is 436 g/mol. The smallest absolute Gasteiger partial charge is 0.323 e. The molecule has 174 valence electrons. The lowest BCUT2D eigenvalue weighted by atomic mass is 10.2. The van der Waals surface area contributed by atoms with E-state index in [2.05, 4.69) is 20.9 Å². The van der Waals surface area contributed by atoms with Crippen LogP contribution >= 0.6 is 0 Å². The third kappa shape index (κ3) is 4.73. The van der Waals surface area contributed by atoms with Crippen molar-refractivity contribution in [2.24, 2.45) is 0 Å². The molecule has 34 heavy (non-hydrogen) atoms. The Labute approximate surface area is 196 Å². The highest BCUT2D eigenvalue weighted by atomic mass is 16.5. The van der Waals surface area contributed by atoms with Gasteiger partial charge in [-0.25, -0.2) is 4.79 Å². The summed E-state index contributed by atoms with van der Waals surface area (Å²) in [6.45, 7) is 0. The second-order valence-corrected chi connectivity index (χ2v) is 7.27. The normalized spacial score (nSPS) is 10.4. The molecule has 4 aromatic rings. The molecule has 1 aromatic heterocycles. The summed E-state index contributed by atoms with van der Waals surface area (Å²) in [4.78, 5) is 28.3. The van der Waals surface area contributed by atoms with E-state index in [0.717, 1.165) is 0 Å². The quantitative estimate of drug-likeness (QED) is 0.307. The standard InChI is InChI=1S/C25H24N4O5/c1-32-20-14-21(33-2)23(34-3)22-18(20)13-19(29-22)24(30)26-16-10-7-11-17(12-16)28-25(31)27-15-8-5-4-6-9-15/h4-14,29H,1-3H3,(H,26,30)(H2,27,28,31). The van der Waals surface area contributed by atoms with Crippen LogP contribution in [0.2, 0.25) is 0 Å². The summed E-state index contributed by atoms with van der Waals surface area (Å²) in [6.07, 6.45) is 0. The SMILES string of the molecule is COc1cc(OC)c2cc(C(=O)Nc3cccc(NC(=O)Nc4ccccc4)c3)[nH]c2c1OC. The average Bonchev–Trinajstić information content (AvgIpc) is 3.29. The number of amides is 3. The Kier molecular flexibility index (Phi) is 6.54. The van der Waals surface area contributed by atoms with E-state index in [0.29, 0.717) is 50.9 Å². The summed E-state index contributed by atoms with van der Waals surface area (Å²) in [5, 5.41) is 9.01. The van der Waals surface area contributed by atoms with Crippen LogP contribution in [0.5, 0.6) is 17.2 Å². The highest BCUT2D eigenvalue weighted by Gasteiger charge is 2.19. The van der Waals surface area contributed by atoms with Crippen molar-refractivity contribution in [3.63, 3.8) is 0 Å². The molecule has 1 heterocycles. The molecule has 0 fully saturated rings. The van der Waals surface area contributed by atoms with Crippen molar-refractivity contribution in [2.45, 2.75) is 0 Å². The van der Waals surface area contributed by atoms with E-state index in [1.807, 2.05) is 18.2 Å². The number of carbonyl (C=O) groups is 2. The molecule has 0 bridgehead atoms. The number of methoxy groups -OCH3 is 3. The van der Waals surface area contributed by atoms with Crippen LogP contribution in [-0.2, 0) is 0 Å². The van der Waals surface area contributed by atoms with E-state index < -0.39 is 6.03 Å². The molecule has 3 aromatic carbocycles. The number of para-hydroxylation sites is 1. The van der Waals surface area contributed by atoms with Gasteiger partial charge in [-0.1, -0.05) is 24.3 Å². The molecule has 4 N–H and O–H groups in total. The summed E-state index contributed by atoms with van der Waals surface area (Å²) in [7, 11) is 4.59. The second kappa shape index (κ2) is 9.86. The fourth-order valence-corrected chi connectivity index (χ4v) is 3.55. The van der Waals surface area contributed by atoms with Gasteiger partial charge in [0.25, 0.3) is 5.91 Å². The van der Waals surface area contributed by atoms with Crippen LogP contribution < -0.4 is 30.2 Å². The van der Waals surface area contributed by atoms with E-state index in [9.17, 15) is 9.59 Å². The van der Waals surface area contributed by atoms with Crippen molar-refractivity contribution < 1.29 is 23.8 Å². The lowest BCUT2D eigenvalue weighted by Gasteiger charge is -2.11. The Morgan fingerprint density at radius 2 is 1.35 bits per heavy atom. The van der Waals surface area contributed by atoms with Gasteiger partial charge in [0, 0.05) is 28.5 Å². The Bertz CT molecular complexity index is 1330. The molecule has 0 aliphatic carbocycles. The van der Waals surface area contributed by atoms with Crippen molar-refractivity contribution in [1.82, 2.24) is 4.98 Å². The van der Waals surface area contributed by atoms with Crippen LogP contribution in [0.3, 0.4) is 0 Å². The zero-order valence-electron chi connectivity index (χ0n) is 18.9. The van der Waals surface area contributed by atoms with Crippen LogP contribution in [0.25, 0.3) is 10.9 Å². The van der Waals surface area contributed by atoms with Crippen LogP contribution in [0.4, 0.5) is 21.9 Å². The lowest BCUT2D eigenvalue weighted by Crippen LogP contribution is -2.19. The molecule has 0 unspecified atom stereocenters. The topological polar surface area (TPSA) is 114 Å². The van der Waals surface area contributed by atoms with Crippen molar-refractivity contribution >= 4 is 39.9 Å². The molecule has 0 radical (unpaired) electrons. The van der Waals surface area contributed by atoms with Gasteiger partial charge in [0.05, 0.1) is 26.8 Å². The molecule has 3 amide bonds. The zero-order chi connectivity index (χ0) is 24.1. The van der Waals surface area contributed by atoms with E-state index in [1.54, 1.807) is 55.6 Å². The van der Waals surface area contributed by atoms with Crippen LogP contribution in [0.1, 0.15) is 10.5 Å². The number of aromatic amines is 1. The third-order valence-electron chi connectivity index (χ3n) is 5.09. The molecule has 0 saturated carbocycles. The molecule has 4 rings (SSSR count). The lowest BCUT2D eigenvalue weighted by molar-refractivity contribution is 0.102. The third-order valence-corrected chi connectivity index (χ3v) is 5.09. The van der Waals surface area contributed by atoms with Gasteiger partial charge in [-0.15, -0.1) is 0 Å². The van der Waals surface area contributed by atoms with Gasteiger partial charge >= 0.3 is 6.03 Å². The van der Waals surface area contributed by atoms with E-state index >= 15 is 0 Å². The van der Waals surface area contributed by atoms with Gasteiger partial charge in [0.1, 0.15) is 11.4 Å². The molecule has 0 aliphatic rings. The summed E-state index contributed by atoms with van der Waals surface area (Å²) in [5.74, 6) is 1.12. The first-order chi connectivity index (χ1) is 16.5. The Balaban J connectivity index is 1.52. The van der Waals surface area contributed by atoms with Crippen molar-refractivity contribution in [3.05, 3.63) is 72.4 Å². The number of H-pyrrole nitrogens is 1. The molecule has 0 spiro atoms. The minimum atomic E-state index is -0.390. The summed E-state index contributed by atoms with van der Waals surface area (Å²) >= 11 is 0. The van der Waals surface area contributed by atoms with Gasteiger partial charge in [0.2, 0.25) is 0 Å². The first-order valence-electron chi connectivity index (χ1n) is 10.4. The first kappa shape index (κ1) is 22.5. The van der Waals surface area contributed by atoms with Crippen molar-refractivity contribution in [2.75, 3.05) is 37.3 Å². The van der Waals surface area contributed by atoms with Gasteiger partial charge in [0.15, 0.2) is 11.5 Å². The largest absolute Gasteiger partial charge is 0.496 e. The predicted octanol–water partition coefficient (Wildman–Crippen LogP) is 5.09. The monoisotopic (exact) mass is 460 g/mol. The molecule has 0 saturated heterocycles. The highest BCUT2D eigenvalue weighted by molar-refractivity contribution is 6.08. The maximum Gasteiger partial charge on any atom is 0.323 e. The van der Waals surface area contributed by atoms with Crippen molar-refractivity contribution in [1.29, 1.82) is 0 Å². The zero-order valence-corrected chi connectivity index (χ0v) is 18.9. The maximum absolute atomic E-state index is 13.0. The number of hydrogen-bond acceptors (Lipinski definition) is 5. The van der Waals surface area contributed by atoms with Gasteiger partial charge in [-0.2, -0.15) is 0 Å². The van der Waals surface area contributed by atoms with Crippen LogP contribution in [-0.4, -0.2) is 38.3 Å². The predicted molar refractivity (Wildman–Crippen MR) is 131 cm³/mol. The summed E-state index contributed by atoms with van der Waals surface area (Å²) in [6, 6.07) is 18.9. The number of anilines is 3. The van der Waals surface area contributed by atoms with E-state index in [1.165, 1.54) is 14.2 Å². The number of nitrogens with one attached hydrogen (secondary N) is 4. The van der Waals surface area contributed by atoms with Crippen molar-refractivity contribution in [3.8, 4) is 17.2 Å². The number of carbonyl (C=O) groups excluding carboxylic acids is 2. The first-order valence-corrected chi connectivity index (χ1v) is 10.4. The van der Waals surface area contributed by atoms with Gasteiger partial charge in [-0.3, -0.25) is 4.79 Å². The average molecular weight is 460 g/mol. The fraction of sp³-hybridized carbons (Fsp3) is 0.120. The number of fused-ring (bicyclic) bond motifs is 1. The second-order valence-electron chi connectivity index (χ2n) is 7.27. The summed E-state index contributed by atoms with van der Waals surface area (Å²) < 4.78 is 16.3. The number of rotatable bonds is 7. The molecular formula is C25H24N4O5. The van der Waals surface area contributed by atoms with E-state index in [-0.39, 0.29) is 5.91 Å². The number of ether oxygens (including phenoxy) is 3. The number of urea groups is 1.